The first-order valence-electron chi connectivity index (χ1n) is 6.03. The van der Waals surface area contributed by atoms with Crippen LogP contribution in [-0.4, -0.2) is 22.7 Å². The number of carbonyl (C=O) groups is 1. The van der Waals surface area contributed by atoms with E-state index in [-0.39, 0.29) is 11.1 Å². The Bertz CT molecular complexity index is 586. The van der Waals surface area contributed by atoms with Crippen LogP contribution in [0, 0.1) is 0 Å². The molecule has 1 aromatic carbocycles. The molecule has 3 rings (SSSR count). The number of fused-ring (bicyclic) bond motifs is 1. The number of carbonyl (C=O) groups excluding carboxylic acids is 1. The van der Waals surface area contributed by atoms with Gasteiger partial charge in [0.25, 0.3) is 5.82 Å². The van der Waals surface area contributed by atoms with E-state index < -0.39 is 5.97 Å². The molecule has 5 nitrogen and oxygen atoms in total. The lowest BCUT2D eigenvalue weighted by Gasteiger charge is -1.99. The van der Waals surface area contributed by atoms with Crippen LogP contribution < -0.4 is 0 Å². The van der Waals surface area contributed by atoms with E-state index in [9.17, 15) is 4.79 Å². The molecule has 19 heavy (non-hydrogen) atoms. The van der Waals surface area contributed by atoms with Gasteiger partial charge in [0.15, 0.2) is 0 Å². The SMILES string of the molecule is CCOC(=O)c1noc(C2Cc3ccccc3S2)n1. The highest BCUT2D eigenvalue weighted by Crippen LogP contribution is 2.45. The number of hydrogen-bond donors (Lipinski definition) is 0. The van der Waals surface area contributed by atoms with E-state index in [1.807, 2.05) is 12.1 Å². The third-order valence-corrected chi connectivity index (χ3v) is 4.13. The van der Waals surface area contributed by atoms with Crippen LogP contribution in [0.5, 0.6) is 0 Å². The third-order valence-electron chi connectivity index (χ3n) is 2.82. The Morgan fingerprint density at radius 2 is 2.37 bits per heavy atom. The Hall–Kier alpha value is -1.82. The van der Waals surface area contributed by atoms with Gasteiger partial charge < -0.3 is 9.26 Å². The summed E-state index contributed by atoms with van der Waals surface area (Å²) >= 11 is 1.68. The predicted molar refractivity (Wildman–Crippen MR) is 69.0 cm³/mol. The molecular weight excluding hydrogens is 264 g/mol. The van der Waals surface area contributed by atoms with Gasteiger partial charge in [-0.2, -0.15) is 4.98 Å². The monoisotopic (exact) mass is 276 g/mol. The fraction of sp³-hybridized carbons (Fsp3) is 0.308. The highest BCUT2D eigenvalue weighted by Gasteiger charge is 2.29. The van der Waals surface area contributed by atoms with E-state index in [0.29, 0.717) is 12.5 Å². The second-order valence-corrected chi connectivity index (χ2v) is 5.34. The number of ether oxygens (including phenoxy) is 1. The van der Waals surface area contributed by atoms with Gasteiger partial charge in [-0.1, -0.05) is 18.2 Å². The maximum Gasteiger partial charge on any atom is 0.379 e. The molecule has 0 fully saturated rings. The molecule has 1 aromatic heterocycles. The van der Waals surface area contributed by atoms with Gasteiger partial charge in [0, 0.05) is 4.90 Å². The normalized spacial score (nSPS) is 17.2. The van der Waals surface area contributed by atoms with Crippen molar-refractivity contribution in [3.8, 4) is 0 Å². The van der Waals surface area contributed by atoms with E-state index in [0.717, 1.165) is 6.42 Å². The second-order valence-electron chi connectivity index (χ2n) is 4.10. The number of nitrogens with zero attached hydrogens (tertiary/aromatic N) is 2. The van der Waals surface area contributed by atoms with Crippen LogP contribution in [0.4, 0.5) is 0 Å². The van der Waals surface area contributed by atoms with Gasteiger partial charge in [-0.05, 0) is 30.1 Å². The first kappa shape index (κ1) is 12.2. The van der Waals surface area contributed by atoms with Crippen molar-refractivity contribution in [3.63, 3.8) is 0 Å². The summed E-state index contributed by atoms with van der Waals surface area (Å²) in [5.41, 5.74) is 1.27. The van der Waals surface area contributed by atoms with Crippen molar-refractivity contribution in [2.45, 2.75) is 23.5 Å². The van der Waals surface area contributed by atoms with E-state index in [2.05, 4.69) is 22.3 Å². The molecule has 0 N–H and O–H groups in total. The molecule has 0 radical (unpaired) electrons. The predicted octanol–water partition coefficient (Wildman–Crippen LogP) is 2.64. The van der Waals surface area contributed by atoms with Crippen LogP contribution in [0.3, 0.4) is 0 Å². The summed E-state index contributed by atoms with van der Waals surface area (Å²) < 4.78 is 10.00. The average molecular weight is 276 g/mol. The number of aromatic nitrogens is 2. The van der Waals surface area contributed by atoms with Crippen LogP contribution >= 0.6 is 11.8 Å². The van der Waals surface area contributed by atoms with Gasteiger partial charge in [0.1, 0.15) is 0 Å². The molecule has 0 bridgehead atoms. The molecule has 0 saturated heterocycles. The molecule has 1 aliphatic heterocycles. The molecule has 6 heteroatoms. The Kier molecular flexibility index (Phi) is 3.25. The fourth-order valence-corrected chi connectivity index (χ4v) is 3.19. The number of benzene rings is 1. The maximum absolute atomic E-state index is 11.5. The van der Waals surface area contributed by atoms with Crippen LogP contribution in [0.25, 0.3) is 0 Å². The smallest absolute Gasteiger partial charge is 0.379 e. The Balaban J connectivity index is 1.77. The minimum Gasteiger partial charge on any atom is -0.460 e. The van der Waals surface area contributed by atoms with Gasteiger partial charge in [-0.3, -0.25) is 0 Å². The summed E-state index contributed by atoms with van der Waals surface area (Å²) in [6.07, 6.45) is 0.839. The lowest BCUT2D eigenvalue weighted by Crippen LogP contribution is -2.06. The number of esters is 1. The van der Waals surface area contributed by atoms with Crippen LogP contribution in [0.15, 0.2) is 33.7 Å². The summed E-state index contributed by atoms with van der Waals surface area (Å²) in [5.74, 6) is -0.0735. The molecular formula is C13H12N2O3S. The largest absolute Gasteiger partial charge is 0.460 e. The lowest BCUT2D eigenvalue weighted by atomic mass is 10.1. The topological polar surface area (TPSA) is 65.2 Å². The lowest BCUT2D eigenvalue weighted by molar-refractivity contribution is 0.0508. The van der Waals surface area contributed by atoms with Crippen molar-refractivity contribution in [1.29, 1.82) is 0 Å². The molecule has 0 saturated carbocycles. The average Bonchev–Trinajstić information content (AvgIpc) is 3.05. The second kappa shape index (κ2) is 5.05. The number of rotatable bonds is 3. The molecule has 2 aromatic rings. The molecule has 1 atom stereocenters. The van der Waals surface area contributed by atoms with Crippen molar-refractivity contribution in [2.24, 2.45) is 0 Å². The zero-order valence-electron chi connectivity index (χ0n) is 10.3. The molecule has 2 heterocycles. The first-order chi connectivity index (χ1) is 9.28. The Morgan fingerprint density at radius 3 is 3.16 bits per heavy atom. The summed E-state index contributed by atoms with van der Waals surface area (Å²) in [6.45, 7) is 2.04. The molecule has 0 aliphatic carbocycles. The van der Waals surface area contributed by atoms with Crippen molar-refractivity contribution in [3.05, 3.63) is 41.5 Å². The summed E-state index contributed by atoms with van der Waals surface area (Å²) in [4.78, 5) is 16.8. The maximum atomic E-state index is 11.5. The highest BCUT2D eigenvalue weighted by atomic mass is 32.2. The zero-order valence-corrected chi connectivity index (χ0v) is 11.1. The molecule has 98 valence electrons. The van der Waals surface area contributed by atoms with Crippen LogP contribution in [0.1, 0.15) is 34.2 Å². The minimum absolute atomic E-state index is 0.00611. The van der Waals surface area contributed by atoms with E-state index in [4.69, 9.17) is 9.26 Å². The van der Waals surface area contributed by atoms with Gasteiger partial charge in [0.2, 0.25) is 5.89 Å². The van der Waals surface area contributed by atoms with E-state index in [1.165, 1.54) is 10.5 Å². The van der Waals surface area contributed by atoms with Gasteiger partial charge in [-0.25, -0.2) is 4.79 Å². The molecule has 1 aliphatic rings. The summed E-state index contributed by atoms with van der Waals surface area (Å²) in [5, 5.41) is 3.75. The quantitative estimate of drug-likeness (QED) is 0.803. The van der Waals surface area contributed by atoms with Gasteiger partial charge in [0.05, 0.1) is 11.9 Å². The Morgan fingerprint density at radius 1 is 1.53 bits per heavy atom. The molecule has 1 unspecified atom stereocenters. The summed E-state index contributed by atoms with van der Waals surface area (Å²) in [6, 6.07) is 8.18. The van der Waals surface area contributed by atoms with Crippen molar-refractivity contribution >= 4 is 17.7 Å². The van der Waals surface area contributed by atoms with E-state index in [1.54, 1.807) is 18.7 Å². The Labute approximate surface area is 114 Å². The third kappa shape index (κ3) is 2.35. The standard InChI is InChI=1S/C13H12N2O3S/c1-2-17-13(16)11-14-12(18-15-11)10-7-8-5-3-4-6-9(8)19-10/h3-6,10H,2,7H2,1H3. The number of hydrogen-bond acceptors (Lipinski definition) is 6. The van der Waals surface area contributed by atoms with Crippen molar-refractivity contribution in [2.75, 3.05) is 6.61 Å². The summed E-state index contributed by atoms with van der Waals surface area (Å²) in [7, 11) is 0. The zero-order chi connectivity index (χ0) is 13.2. The van der Waals surface area contributed by atoms with Crippen LogP contribution in [-0.2, 0) is 11.2 Å². The van der Waals surface area contributed by atoms with Gasteiger partial charge >= 0.3 is 5.97 Å². The molecule has 0 amide bonds. The minimum atomic E-state index is -0.544. The van der Waals surface area contributed by atoms with Crippen molar-refractivity contribution < 1.29 is 14.1 Å². The highest BCUT2D eigenvalue weighted by molar-refractivity contribution is 7.99. The van der Waals surface area contributed by atoms with Crippen molar-refractivity contribution in [1.82, 2.24) is 10.1 Å². The van der Waals surface area contributed by atoms with E-state index >= 15 is 0 Å². The molecule has 0 spiro atoms. The number of thioether (sulfide) groups is 1. The fourth-order valence-electron chi connectivity index (χ4n) is 1.96. The first-order valence-corrected chi connectivity index (χ1v) is 6.91. The van der Waals surface area contributed by atoms with Gasteiger partial charge in [-0.15, -0.1) is 11.8 Å². The van der Waals surface area contributed by atoms with Crippen LogP contribution in [0.2, 0.25) is 0 Å².